The molecule has 0 aromatic heterocycles. The minimum Gasteiger partial charge on any atom is -0.326 e. The second-order valence-electron chi connectivity index (χ2n) is 7.63. The van der Waals surface area contributed by atoms with Gasteiger partial charge in [0.1, 0.15) is 0 Å². The van der Waals surface area contributed by atoms with Crippen LogP contribution in [0.5, 0.6) is 0 Å². The number of benzene rings is 2. The average molecular weight is 421 g/mol. The molecule has 2 aromatic rings. The Morgan fingerprint density at radius 2 is 1.79 bits per heavy atom. The zero-order valence-corrected chi connectivity index (χ0v) is 17.2. The molecule has 7 heteroatoms. The molecular weight excluding hydrogens is 396 g/mol. The van der Waals surface area contributed by atoms with Crippen LogP contribution in [-0.4, -0.2) is 27.4 Å². The number of piperidine rings is 1. The van der Waals surface area contributed by atoms with Gasteiger partial charge in [0.25, 0.3) is 0 Å². The first-order valence-electron chi connectivity index (χ1n) is 9.37. The Hall–Kier alpha value is -1.89. The highest BCUT2D eigenvalue weighted by atomic mass is 35.5. The highest BCUT2D eigenvalue weighted by Crippen LogP contribution is 2.58. The van der Waals surface area contributed by atoms with Gasteiger partial charge in [-0.05, 0) is 67.6 Å². The van der Waals surface area contributed by atoms with Crippen LogP contribution in [0.4, 0.5) is 5.69 Å². The summed E-state index contributed by atoms with van der Waals surface area (Å²) in [4.78, 5) is 12.9. The Morgan fingerprint density at radius 3 is 2.50 bits per heavy atom. The summed E-state index contributed by atoms with van der Waals surface area (Å²) in [6, 6.07) is 15.6. The van der Waals surface area contributed by atoms with E-state index >= 15 is 0 Å². The third-order valence-electron chi connectivity index (χ3n) is 5.76. The normalized spacial score (nSPS) is 20.2. The molecule has 4 rings (SSSR count). The van der Waals surface area contributed by atoms with Crippen LogP contribution in [0.15, 0.2) is 59.5 Å². The Kier molecular flexibility index (Phi) is 6.12. The van der Waals surface area contributed by atoms with E-state index in [4.69, 9.17) is 0 Å². The molecule has 1 heterocycles. The van der Waals surface area contributed by atoms with E-state index in [1.807, 2.05) is 6.07 Å². The van der Waals surface area contributed by atoms with E-state index in [2.05, 4.69) is 10.6 Å². The molecule has 1 unspecified atom stereocenters. The summed E-state index contributed by atoms with van der Waals surface area (Å²) >= 11 is 0. The molecule has 2 aromatic carbocycles. The molecule has 2 aliphatic rings. The zero-order valence-electron chi connectivity index (χ0n) is 15.6. The van der Waals surface area contributed by atoms with Crippen molar-refractivity contribution in [3.63, 3.8) is 0 Å². The number of nitrogens with one attached hydrogen (secondary N) is 2. The molecule has 1 aliphatic carbocycles. The minimum atomic E-state index is -3.40. The third kappa shape index (κ3) is 4.40. The van der Waals surface area contributed by atoms with Gasteiger partial charge in [-0.2, -0.15) is 0 Å². The van der Waals surface area contributed by atoms with E-state index in [1.165, 1.54) is 0 Å². The van der Waals surface area contributed by atoms with E-state index in [9.17, 15) is 13.2 Å². The topological polar surface area (TPSA) is 75.3 Å². The number of amides is 1. The maximum atomic E-state index is 12.6. The third-order valence-corrected chi connectivity index (χ3v) is 7.46. The van der Waals surface area contributed by atoms with Gasteiger partial charge in [0, 0.05) is 11.6 Å². The first-order chi connectivity index (χ1) is 13.0. The molecule has 1 atom stereocenters. The lowest BCUT2D eigenvalue weighted by molar-refractivity contribution is -0.118. The van der Waals surface area contributed by atoms with Crippen LogP contribution < -0.4 is 10.6 Å². The lowest BCUT2D eigenvalue weighted by Gasteiger charge is -2.23. The maximum absolute atomic E-state index is 12.6. The summed E-state index contributed by atoms with van der Waals surface area (Å²) in [7, 11) is -3.40. The molecule has 1 saturated carbocycles. The smallest absolute Gasteiger partial charge is 0.228 e. The van der Waals surface area contributed by atoms with Gasteiger partial charge in [0.2, 0.25) is 5.91 Å². The van der Waals surface area contributed by atoms with Crippen molar-refractivity contribution in [1.29, 1.82) is 0 Å². The van der Waals surface area contributed by atoms with Gasteiger partial charge in [0.05, 0.1) is 10.6 Å². The second kappa shape index (κ2) is 8.23. The molecule has 0 bridgehead atoms. The maximum Gasteiger partial charge on any atom is 0.228 e. The highest BCUT2D eigenvalue weighted by Gasteiger charge is 2.57. The van der Waals surface area contributed by atoms with E-state index in [1.54, 1.807) is 48.5 Å². The van der Waals surface area contributed by atoms with Crippen LogP contribution in [0.2, 0.25) is 0 Å². The lowest BCUT2D eigenvalue weighted by atomic mass is 9.92. The summed E-state index contributed by atoms with van der Waals surface area (Å²) < 4.78 is 25.1. The highest BCUT2D eigenvalue weighted by molar-refractivity contribution is 7.90. The predicted molar refractivity (Wildman–Crippen MR) is 112 cm³/mol. The predicted octanol–water partition coefficient (Wildman–Crippen LogP) is 3.41. The fourth-order valence-electron chi connectivity index (χ4n) is 4.09. The van der Waals surface area contributed by atoms with Crippen LogP contribution in [0, 0.1) is 11.3 Å². The quantitative estimate of drug-likeness (QED) is 0.777. The van der Waals surface area contributed by atoms with Crippen LogP contribution in [0.25, 0.3) is 0 Å². The van der Waals surface area contributed by atoms with Gasteiger partial charge in [-0.3, -0.25) is 4.79 Å². The first kappa shape index (κ1) is 20.8. The van der Waals surface area contributed by atoms with E-state index in [-0.39, 0.29) is 35.4 Å². The van der Waals surface area contributed by atoms with Crippen LogP contribution >= 0.6 is 12.4 Å². The van der Waals surface area contributed by atoms with Crippen molar-refractivity contribution in [3.8, 4) is 0 Å². The fourth-order valence-corrected chi connectivity index (χ4v) is 5.45. The largest absolute Gasteiger partial charge is 0.326 e. The molecule has 2 N–H and O–H groups in total. The van der Waals surface area contributed by atoms with E-state index < -0.39 is 9.84 Å². The van der Waals surface area contributed by atoms with Gasteiger partial charge < -0.3 is 10.6 Å². The molecule has 1 amide bonds. The second-order valence-corrected chi connectivity index (χ2v) is 9.62. The van der Waals surface area contributed by atoms with Crippen molar-refractivity contribution in [1.82, 2.24) is 5.32 Å². The SMILES string of the molecule is Cl.O=C(Nc1cccc(CS(=O)(=O)c2ccccc2)c1)C1CC12CCNCC2. The molecule has 1 spiro atoms. The van der Waals surface area contributed by atoms with Gasteiger partial charge in [-0.15, -0.1) is 12.4 Å². The number of carbonyl (C=O) groups is 1. The van der Waals surface area contributed by atoms with Crippen LogP contribution in [-0.2, 0) is 20.4 Å². The summed E-state index contributed by atoms with van der Waals surface area (Å²) in [5.41, 5.74) is 1.52. The number of carbonyl (C=O) groups excluding carboxylic acids is 1. The summed E-state index contributed by atoms with van der Waals surface area (Å²) in [6.45, 7) is 1.97. The Bertz CT molecular complexity index is 941. The van der Waals surface area contributed by atoms with Gasteiger partial charge >= 0.3 is 0 Å². The van der Waals surface area contributed by atoms with Gasteiger partial charge in [-0.1, -0.05) is 30.3 Å². The van der Waals surface area contributed by atoms with Crippen molar-refractivity contribution >= 4 is 33.8 Å². The summed E-state index contributed by atoms with van der Waals surface area (Å²) in [6.07, 6.45) is 3.07. The number of anilines is 1. The molecule has 28 heavy (non-hydrogen) atoms. The molecule has 5 nitrogen and oxygen atoms in total. The van der Waals surface area contributed by atoms with Gasteiger partial charge in [0.15, 0.2) is 9.84 Å². The average Bonchev–Trinajstić information content (AvgIpc) is 3.36. The molecule has 1 aliphatic heterocycles. The lowest BCUT2D eigenvalue weighted by Crippen LogP contribution is -2.31. The minimum absolute atomic E-state index is 0. The van der Waals surface area contributed by atoms with Crippen molar-refractivity contribution in [2.45, 2.75) is 29.9 Å². The van der Waals surface area contributed by atoms with Crippen molar-refractivity contribution in [2.75, 3.05) is 18.4 Å². The standard InChI is InChI=1S/C21H24N2O3S.ClH/c24-20(19-14-21(19)9-11-22-12-10-21)23-17-6-4-5-16(13-17)15-27(25,26)18-7-2-1-3-8-18;/h1-8,13,19,22H,9-12,14-15H2,(H,23,24);1H. The Morgan fingerprint density at radius 1 is 1.07 bits per heavy atom. The number of hydrogen-bond donors (Lipinski definition) is 2. The monoisotopic (exact) mass is 420 g/mol. The first-order valence-corrected chi connectivity index (χ1v) is 11.0. The Balaban J connectivity index is 0.00000225. The number of sulfone groups is 1. The summed E-state index contributed by atoms with van der Waals surface area (Å²) in [5.74, 6) is 0.0519. The van der Waals surface area contributed by atoms with E-state index in [0.717, 1.165) is 32.4 Å². The van der Waals surface area contributed by atoms with Crippen molar-refractivity contribution < 1.29 is 13.2 Å². The van der Waals surface area contributed by atoms with Gasteiger partial charge in [-0.25, -0.2) is 8.42 Å². The molecular formula is C21H25ClN2O3S. The Labute approximate surface area is 172 Å². The van der Waals surface area contributed by atoms with Crippen molar-refractivity contribution in [3.05, 3.63) is 60.2 Å². The molecule has 150 valence electrons. The van der Waals surface area contributed by atoms with E-state index in [0.29, 0.717) is 16.1 Å². The van der Waals surface area contributed by atoms with Crippen LogP contribution in [0.3, 0.4) is 0 Å². The molecule has 0 radical (unpaired) electrons. The summed E-state index contributed by atoms with van der Waals surface area (Å²) in [5, 5.41) is 6.33. The fraction of sp³-hybridized carbons (Fsp3) is 0.381. The van der Waals surface area contributed by atoms with Crippen molar-refractivity contribution in [2.24, 2.45) is 11.3 Å². The number of halogens is 1. The zero-order chi connectivity index (χ0) is 18.9. The number of rotatable bonds is 5. The molecule has 1 saturated heterocycles. The molecule has 2 fully saturated rings. The number of hydrogen-bond acceptors (Lipinski definition) is 4. The van der Waals surface area contributed by atoms with Crippen LogP contribution in [0.1, 0.15) is 24.8 Å².